The van der Waals surface area contributed by atoms with Crippen molar-refractivity contribution in [2.75, 3.05) is 0 Å². The molecule has 0 aliphatic carbocycles. The molecule has 0 fully saturated rings. The van der Waals surface area contributed by atoms with Crippen molar-refractivity contribution < 1.29 is 39.0 Å². The molecular formula is C25H34N6O8. The highest BCUT2D eigenvalue weighted by Gasteiger charge is 2.32. The van der Waals surface area contributed by atoms with Crippen LogP contribution in [0.25, 0.3) is 10.9 Å². The quantitative estimate of drug-likeness (QED) is 0.136. The van der Waals surface area contributed by atoms with E-state index in [9.17, 15) is 33.9 Å². The van der Waals surface area contributed by atoms with Gasteiger partial charge in [0, 0.05) is 23.5 Å². The molecule has 14 nitrogen and oxygen atoms in total. The smallest absolute Gasteiger partial charge is 0.326 e. The van der Waals surface area contributed by atoms with Crippen LogP contribution in [0.1, 0.15) is 38.7 Å². The van der Waals surface area contributed by atoms with E-state index < -0.39 is 72.6 Å². The van der Waals surface area contributed by atoms with Crippen molar-refractivity contribution >= 4 is 46.5 Å². The predicted molar refractivity (Wildman–Crippen MR) is 139 cm³/mol. The van der Waals surface area contributed by atoms with Crippen molar-refractivity contribution in [2.24, 2.45) is 17.4 Å². The third-order valence-corrected chi connectivity index (χ3v) is 5.82. The van der Waals surface area contributed by atoms with Gasteiger partial charge in [0.2, 0.25) is 23.6 Å². The molecule has 4 atom stereocenters. The number of benzene rings is 1. The Bertz CT molecular complexity index is 1230. The maximum atomic E-state index is 13.0. The number of aromatic amines is 1. The van der Waals surface area contributed by atoms with Crippen LogP contribution in [0, 0.1) is 5.92 Å². The summed E-state index contributed by atoms with van der Waals surface area (Å²) in [5.41, 5.74) is 12.3. The number of H-pyrrole nitrogens is 1. The van der Waals surface area contributed by atoms with Crippen LogP contribution >= 0.6 is 0 Å². The number of rotatable bonds is 15. The number of carbonyl (C=O) groups excluding carboxylic acids is 4. The number of carboxylic acid groups (broad SMARTS) is 2. The Morgan fingerprint density at radius 2 is 1.46 bits per heavy atom. The Morgan fingerprint density at radius 1 is 0.872 bits per heavy atom. The van der Waals surface area contributed by atoms with E-state index in [0.717, 1.165) is 10.9 Å². The molecule has 39 heavy (non-hydrogen) atoms. The minimum absolute atomic E-state index is 0.0875. The van der Waals surface area contributed by atoms with Crippen LogP contribution < -0.4 is 27.4 Å². The lowest BCUT2D eigenvalue weighted by Gasteiger charge is -2.25. The number of hydrogen-bond acceptors (Lipinski definition) is 7. The minimum Gasteiger partial charge on any atom is -0.481 e. The fourth-order valence-corrected chi connectivity index (χ4v) is 3.94. The van der Waals surface area contributed by atoms with Crippen molar-refractivity contribution in [1.29, 1.82) is 0 Å². The lowest BCUT2D eigenvalue weighted by Crippen LogP contribution is -2.58. The number of para-hydroxylation sites is 1. The summed E-state index contributed by atoms with van der Waals surface area (Å²) in [6.45, 7) is 3.53. The molecule has 1 aromatic heterocycles. The molecule has 2 aromatic rings. The molecule has 0 radical (unpaired) electrons. The zero-order chi connectivity index (χ0) is 29.3. The molecule has 0 spiro atoms. The molecule has 4 amide bonds. The molecular weight excluding hydrogens is 512 g/mol. The van der Waals surface area contributed by atoms with Crippen LogP contribution in [0.4, 0.5) is 0 Å². The number of primary amides is 1. The first-order chi connectivity index (χ1) is 18.3. The van der Waals surface area contributed by atoms with Gasteiger partial charge in [-0.1, -0.05) is 32.0 Å². The normalized spacial score (nSPS) is 14.2. The predicted octanol–water partition coefficient (Wildman–Crippen LogP) is -1.03. The highest BCUT2D eigenvalue weighted by molar-refractivity contribution is 5.96. The fraction of sp³-hybridized carbons (Fsp3) is 0.440. The Morgan fingerprint density at radius 3 is 2.05 bits per heavy atom. The largest absolute Gasteiger partial charge is 0.481 e. The summed E-state index contributed by atoms with van der Waals surface area (Å²) in [4.78, 5) is 75.9. The average Bonchev–Trinajstić information content (AvgIpc) is 3.24. The van der Waals surface area contributed by atoms with Crippen LogP contribution in [0.2, 0.25) is 0 Å². The number of aromatic nitrogens is 1. The summed E-state index contributed by atoms with van der Waals surface area (Å²) in [6.07, 6.45) is 0.333. The molecule has 0 aliphatic rings. The van der Waals surface area contributed by atoms with E-state index in [-0.39, 0.29) is 18.8 Å². The average molecular weight is 547 g/mol. The van der Waals surface area contributed by atoms with Gasteiger partial charge in [0.1, 0.15) is 18.1 Å². The first-order valence-electron chi connectivity index (χ1n) is 12.2. The standard InChI is InChI=1S/C25H34N6O8/c1-12(2)7-17(29-22(35)15(26)9-21(33)34)23(36)30-18(10-20(27)32)24(37)31-19(25(38)39)8-13-11-28-16-6-4-3-5-14(13)16/h3-6,11-12,15,17-19,28H,7-10,26H2,1-2H3,(H2,27,32)(H,29,35)(H,30,36)(H,31,37)(H,33,34)(H,38,39). The number of carbonyl (C=O) groups is 6. The molecule has 0 bridgehead atoms. The second-order valence-corrected chi connectivity index (χ2v) is 9.59. The second kappa shape index (κ2) is 13.9. The molecule has 1 aromatic carbocycles. The fourth-order valence-electron chi connectivity index (χ4n) is 3.94. The SMILES string of the molecule is CC(C)CC(NC(=O)C(N)CC(=O)O)C(=O)NC(CC(N)=O)C(=O)NC(Cc1c[nH]c2ccccc12)C(=O)O. The number of amides is 4. The zero-order valence-electron chi connectivity index (χ0n) is 21.6. The zero-order valence-corrected chi connectivity index (χ0v) is 21.6. The van der Waals surface area contributed by atoms with Crippen LogP contribution in [0.5, 0.6) is 0 Å². The molecule has 1 heterocycles. The van der Waals surface area contributed by atoms with E-state index in [1.165, 1.54) is 0 Å². The van der Waals surface area contributed by atoms with Crippen molar-refractivity contribution in [3.63, 3.8) is 0 Å². The van der Waals surface area contributed by atoms with E-state index in [1.807, 2.05) is 12.1 Å². The van der Waals surface area contributed by atoms with E-state index in [2.05, 4.69) is 20.9 Å². The molecule has 0 saturated carbocycles. The van der Waals surface area contributed by atoms with Crippen molar-refractivity contribution in [3.05, 3.63) is 36.0 Å². The monoisotopic (exact) mass is 546 g/mol. The van der Waals surface area contributed by atoms with E-state index in [0.29, 0.717) is 5.56 Å². The van der Waals surface area contributed by atoms with E-state index in [4.69, 9.17) is 16.6 Å². The van der Waals surface area contributed by atoms with Gasteiger partial charge in [-0.2, -0.15) is 0 Å². The third-order valence-electron chi connectivity index (χ3n) is 5.82. The van der Waals surface area contributed by atoms with Gasteiger partial charge < -0.3 is 42.6 Å². The Kier molecular flexibility index (Phi) is 11.0. The van der Waals surface area contributed by atoms with Gasteiger partial charge in [-0.15, -0.1) is 0 Å². The van der Waals surface area contributed by atoms with Crippen LogP contribution in [0.3, 0.4) is 0 Å². The molecule has 212 valence electrons. The van der Waals surface area contributed by atoms with Crippen molar-refractivity contribution in [2.45, 2.75) is 63.7 Å². The summed E-state index contributed by atoms with van der Waals surface area (Å²) in [5.74, 6) is -6.41. The lowest BCUT2D eigenvalue weighted by atomic mass is 10.0. The summed E-state index contributed by atoms with van der Waals surface area (Å²) in [5, 5.41) is 26.4. The summed E-state index contributed by atoms with van der Waals surface area (Å²) in [7, 11) is 0. The Labute approximate surface area is 223 Å². The van der Waals surface area contributed by atoms with Gasteiger partial charge >= 0.3 is 11.9 Å². The minimum atomic E-state index is -1.54. The molecule has 14 heteroatoms. The van der Waals surface area contributed by atoms with Crippen molar-refractivity contribution in [3.8, 4) is 0 Å². The first-order valence-corrected chi connectivity index (χ1v) is 12.2. The number of fused-ring (bicyclic) bond motifs is 1. The summed E-state index contributed by atoms with van der Waals surface area (Å²) in [6, 6.07) is 1.62. The first kappa shape index (κ1) is 30.8. The molecule has 0 saturated heterocycles. The highest BCUT2D eigenvalue weighted by atomic mass is 16.4. The lowest BCUT2D eigenvalue weighted by molar-refractivity contribution is -0.142. The number of nitrogens with two attached hydrogens (primary N) is 2. The third kappa shape index (κ3) is 9.41. The Balaban J connectivity index is 2.19. The van der Waals surface area contributed by atoms with Gasteiger partial charge in [-0.05, 0) is 24.0 Å². The van der Waals surface area contributed by atoms with Gasteiger partial charge in [-0.25, -0.2) is 4.79 Å². The number of hydrogen-bond donors (Lipinski definition) is 8. The number of carboxylic acids is 2. The number of aliphatic carboxylic acids is 2. The van der Waals surface area contributed by atoms with E-state index in [1.54, 1.807) is 32.2 Å². The molecule has 4 unspecified atom stereocenters. The number of nitrogens with one attached hydrogen (secondary N) is 4. The van der Waals surface area contributed by atoms with Crippen LogP contribution in [-0.2, 0) is 35.2 Å². The second-order valence-electron chi connectivity index (χ2n) is 9.59. The van der Waals surface area contributed by atoms with Gasteiger partial charge in [0.25, 0.3) is 0 Å². The van der Waals surface area contributed by atoms with Crippen molar-refractivity contribution in [1.82, 2.24) is 20.9 Å². The van der Waals surface area contributed by atoms with E-state index >= 15 is 0 Å². The maximum Gasteiger partial charge on any atom is 0.326 e. The summed E-state index contributed by atoms with van der Waals surface area (Å²) >= 11 is 0. The van der Waals surface area contributed by atoms with Gasteiger partial charge in [0.05, 0.1) is 18.9 Å². The molecule has 0 aliphatic heterocycles. The highest BCUT2D eigenvalue weighted by Crippen LogP contribution is 2.19. The van der Waals surface area contributed by atoms with Gasteiger partial charge in [-0.3, -0.25) is 24.0 Å². The summed E-state index contributed by atoms with van der Waals surface area (Å²) < 4.78 is 0. The van der Waals surface area contributed by atoms with Crippen LogP contribution in [-0.4, -0.2) is 74.9 Å². The Hall–Kier alpha value is -4.46. The maximum absolute atomic E-state index is 13.0. The molecule has 10 N–H and O–H groups in total. The van der Waals surface area contributed by atoms with Crippen LogP contribution in [0.15, 0.2) is 30.5 Å². The topological polar surface area (TPSA) is 247 Å². The molecule has 2 rings (SSSR count). The van der Waals surface area contributed by atoms with Gasteiger partial charge in [0.15, 0.2) is 0 Å².